The molecule has 0 saturated carbocycles. The first-order valence-electron chi connectivity index (χ1n) is 5.32. The molecule has 19 heavy (non-hydrogen) atoms. The van der Waals surface area contributed by atoms with E-state index >= 15 is 0 Å². The summed E-state index contributed by atoms with van der Waals surface area (Å²) in [7, 11) is 0. The molecule has 0 saturated heterocycles. The van der Waals surface area contributed by atoms with Crippen LogP contribution >= 0.6 is 11.8 Å². The maximum Gasteiger partial charge on any atom is 0.340 e. The normalized spacial score (nSPS) is 21.0. The molecule has 0 bridgehead atoms. The highest BCUT2D eigenvalue weighted by Gasteiger charge is 2.47. The molecule has 0 amide bonds. The summed E-state index contributed by atoms with van der Waals surface area (Å²) in [5.74, 6) is -3.36. The lowest BCUT2D eigenvalue weighted by Crippen LogP contribution is -2.44. The first kappa shape index (κ1) is 12.2. The van der Waals surface area contributed by atoms with Crippen LogP contribution in [0.3, 0.4) is 0 Å². The highest BCUT2D eigenvalue weighted by molar-refractivity contribution is 8.01. The number of nitrogens with zero attached hydrogens (tertiary/aromatic N) is 1. The molecule has 1 aliphatic rings. The average molecular weight is 283 g/mol. The third-order valence-electron chi connectivity index (χ3n) is 3.15. The second-order valence-corrected chi connectivity index (χ2v) is 5.77. The van der Waals surface area contributed by atoms with Gasteiger partial charge in [-0.15, -0.1) is 0 Å². The zero-order chi connectivity index (χ0) is 13.9. The molecule has 4 nitrogen and oxygen atoms in total. The molecule has 1 aromatic carbocycles. The van der Waals surface area contributed by atoms with Crippen molar-refractivity contribution in [2.75, 3.05) is 0 Å². The van der Waals surface area contributed by atoms with E-state index in [1.807, 2.05) is 0 Å². The zero-order valence-corrected chi connectivity index (χ0v) is 10.4. The maximum absolute atomic E-state index is 13.3. The van der Waals surface area contributed by atoms with Crippen LogP contribution in [0.5, 0.6) is 0 Å². The summed E-state index contributed by atoms with van der Waals surface area (Å²) in [4.78, 5) is 21.7. The predicted octanol–water partition coefficient (Wildman–Crippen LogP) is 2.14. The zero-order valence-electron chi connectivity index (χ0n) is 9.61. The van der Waals surface area contributed by atoms with Crippen molar-refractivity contribution in [3.8, 4) is 0 Å². The summed E-state index contributed by atoms with van der Waals surface area (Å²) in [5.41, 5.74) is -0.370. The Kier molecular flexibility index (Phi) is 2.28. The number of hydrogen-bond donors (Lipinski definition) is 1. The molecule has 1 N–H and O–H groups in total. The lowest BCUT2D eigenvalue weighted by Gasteiger charge is -2.40. The van der Waals surface area contributed by atoms with Gasteiger partial charge in [0.2, 0.25) is 0 Å². The molecule has 1 unspecified atom stereocenters. The van der Waals surface area contributed by atoms with Gasteiger partial charge in [0, 0.05) is 17.5 Å². The highest BCUT2D eigenvalue weighted by Crippen LogP contribution is 2.49. The summed E-state index contributed by atoms with van der Waals surface area (Å²) < 4.78 is 27.8. The van der Waals surface area contributed by atoms with Gasteiger partial charge in [0.1, 0.15) is 0 Å². The van der Waals surface area contributed by atoms with Crippen LogP contribution in [0, 0.1) is 11.6 Å². The van der Waals surface area contributed by atoms with E-state index in [0.29, 0.717) is 5.03 Å². The minimum absolute atomic E-state index is 0.0320. The minimum atomic E-state index is -1.31. The number of carboxylic acids is 1. The number of thioether (sulfide) groups is 1. The van der Waals surface area contributed by atoms with Crippen LogP contribution in [0.25, 0.3) is 10.9 Å². The average Bonchev–Trinajstić information content (AvgIpc) is 2.30. The van der Waals surface area contributed by atoms with Crippen LogP contribution in [-0.4, -0.2) is 15.6 Å². The molecule has 1 aliphatic heterocycles. The Bertz CT molecular complexity index is 802. The molecule has 0 fully saturated rings. The highest BCUT2D eigenvalue weighted by atomic mass is 32.2. The number of rotatable bonds is 1. The van der Waals surface area contributed by atoms with Crippen molar-refractivity contribution in [3.63, 3.8) is 0 Å². The molecule has 1 atom stereocenters. The Morgan fingerprint density at radius 3 is 2.58 bits per heavy atom. The van der Waals surface area contributed by atoms with Crippen LogP contribution in [0.2, 0.25) is 0 Å². The number of halogens is 2. The third-order valence-corrected chi connectivity index (χ3v) is 4.41. The first-order chi connectivity index (χ1) is 8.84. The van der Waals surface area contributed by atoms with Gasteiger partial charge >= 0.3 is 5.97 Å². The fraction of sp³-hybridized carbons (Fsp3) is 0.167. The number of aromatic nitrogens is 1. The topological polar surface area (TPSA) is 59.3 Å². The van der Waals surface area contributed by atoms with Crippen LogP contribution in [-0.2, 0) is 9.67 Å². The van der Waals surface area contributed by atoms with Gasteiger partial charge < -0.3 is 9.67 Å². The molecule has 3 rings (SSSR count). The smallest absolute Gasteiger partial charge is 0.340 e. The van der Waals surface area contributed by atoms with Crippen LogP contribution in [0.15, 0.2) is 28.0 Å². The van der Waals surface area contributed by atoms with E-state index in [1.54, 1.807) is 0 Å². The monoisotopic (exact) mass is 283 g/mol. The van der Waals surface area contributed by atoms with E-state index < -0.39 is 27.9 Å². The van der Waals surface area contributed by atoms with E-state index in [-0.39, 0.29) is 10.9 Å². The largest absolute Gasteiger partial charge is 0.479 e. The number of hydrogen-bond acceptors (Lipinski definition) is 3. The van der Waals surface area contributed by atoms with Gasteiger partial charge in [-0.1, -0.05) is 11.8 Å². The summed E-state index contributed by atoms with van der Waals surface area (Å²) in [5, 5.41) is 9.60. The Balaban J connectivity index is 2.45. The van der Waals surface area contributed by atoms with Crippen molar-refractivity contribution < 1.29 is 18.7 Å². The molecule has 0 aliphatic carbocycles. The molecule has 7 heteroatoms. The summed E-state index contributed by atoms with van der Waals surface area (Å²) in [6, 6.07) is 2.89. The number of benzene rings is 1. The Morgan fingerprint density at radius 1 is 1.32 bits per heavy atom. The number of carboxylic acid groups (broad SMARTS) is 1. The Morgan fingerprint density at radius 2 is 1.95 bits per heavy atom. The van der Waals surface area contributed by atoms with Gasteiger partial charge in [-0.2, -0.15) is 0 Å². The molecular formula is C12H7F2NO3S. The van der Waals surface area contributed by atoms with E-state index in [9.17, 15) is 23.5 Å². The molecular weight excluding hydrogens is 276 g/mol. The van der Waals surface area contributed by atoms with Gasteiger partial charge in [-0.25, -0.2) is 13.6 Å². The standard InChI is InChI=1S/C12H7F2NO3S/c1-12(11(17)18)15-8-3-7(14)6(13)2-5(8)9(16)4-10(15)19-12/h2-4H,1H3,(H,17,18). The quantitative estimate of drug-likeness (QED) is 0.871. The number of carbonyl (C=O) groups is 1. The lowest BCUT2D eigenvalue weighted by molar-refractivity contribution is -0.142. The van der Waals surface area contributed by atoms with Gasteiger partial charge in [-0.3, -0.25) is 4.79 Å². The van der Waals surface area contributed by atoms with E-state index in [1.165, 1.54) is 17.6 Å². The lowest BCUT2D eigenvalue weighted by atomic mass is 10.1. The van der Waals surface area contributed by atoms with Crippen molar-refractivity contribution in [3.05, 3.63) is 40.1 Å². The Hall–Kier alpha value is -1.89. The molecule has 2 aromatic rings. The molecule has 1 aromatic heterocycles. The van der Waals surface area contributed by atoms with Crippen molar-refractivity contribution in [2.45, 2.75) is 16.8 Å². The van der Waals surface area contributed by atoms with Crippen molar-refractivity contribution in [1.29, 1.82) is 0 Å². The van der Waals surface area contributed by atoms with Crippen molar-refractivity contribution in [2.24, 2.45) is 0 Å². The fourth-order valence-electron chi connectivity index (χ4n) is 2.16. The van der Waals surface area contributed by atoms with Gasteiger partial charge in [0.25, 0.3) is 0 Å². The van der Waals surface area contributed by atoms with Gasteiger partial charge in [0.05, 0.1) is 10.5 Å². The minimum Gasteiger partial charge on any atom is -0.479 e. The van der Waals surface area contributed by atoms with Crippen LogP contribution < -0.4 is 5.43 Å². The van der Waals surface area contributed by atoms with Crippen LogP contribution in [0.4, 0.5) is 8.78 Å². The van der Waals surface area contributed by atoms with Crippen LogP contribution in [0.1, 0.15) is 6.92 Å². The fourth-order valence-corrected chi connectivity index (χ4v) is 3.35. The molecule has 0 spiro atoms. The SMILES string of the molecule is CC1(C(=O)O)Sc2cc(=O)c3cc(F)c(F)cc3n21. The third kappa shape index (κ3) is 1.45. The molecule has 98 valence electrons. The van der Waals surface area contributed by atoms with Crippen molar-refractivity contribution >= 4 is 28.6 Å². The summed E-state index contributed by atoms with van der Waals surface area (Å²) in [6.07, 6.45) is 0. The van der Waals surface area contributed by atoms with E-state index in [0.717, 1.165) is 23.9 Å². The number of fused-ring (bicyclic) bond motifs is 3. The van der Waals surface area contributed by atoms with Gasteiger partial charge in [0.15, 0.2) is 21.9 Å². The molecule has 0 radical (unpaired) electrons. The number of pyridine rings is 1. The molecule has 2 heterocycles. The summed E-state index contributed by atoms with van der Waals surface area (Å²) in [6.45, 7) is 1.44. The second-order valence-electron chi connectivity index (χ2n) is 4.36. The van der Waals surface area contributed by atoms with E-state index in [4.69, 9.17) is 0 Å². The first-order valence-corrected chi connectivity index (χ1v) is 6.14. The number of aliphatic carboxylic acids is 1. The second kappa shape index (κ2) is 3.57. The maximum atomic E-state index is 13.3. The predicted molar refractivity (Wildman–Crippen MR) is 65.3 cm³/mol. The Labute approximate surface area is 109 Å². The van der Waals surface area contributed by atoms with Gasteiger partial charge in [-0.05, 0) is 13.0 Å². The summed E-state index contributed by atoms with van der Waals surface area (Å²) >= 11 is 0.996. The van der Waals surface area contributed by atoms with Crippen molar-refractivity contribution in [1.82, 2.24) is 4.57 Å². The van der Waals surface area contributed by atoms with E-state index in [2.05, 4.69) is 0 Å².